The van der Waals surface area contributed by atoms with Gasteiger partial charge in [-0.1, -0.05) is 20.8 Å². The molecule has 0 aromatic carbocycles. The van der Waals surface area contributed by atoms with E-state index < -0.39 is 0 Å². The summed E-state index contributed by atoms with van der Waals surface area (Å²) < 4.78 is 4.45. The molecule has 1 aromatic rings. The van der Waals surface area contributed by atoms with E-state index >= 15 is 0 Å². The van der Waals surface area contributed by atoms with Crippen molar-refractivity contribution >= 4 is 16.7 Å². The van der Waals surface area contributed by atoms with Crippen molar-refractivity contribution in [2.24, 2.45) is 0 Å². The number of hydrogen-bond donors (Lipinski definition) is 1. The summed E-state index contributed by atoms with van der Waals surface area (Å²) in [6, 6.07) is 0. The Morgan fingerprint density at radius 1 is 1.22 bits per heavy atom. The highest BCUT2D eigenvalue weighted by Crippen LogP contribution is 2.25. The number of hydrogen-bond acceptors (Lipinski definition) is 6. The molecule has 1 saturated heterocycles. The quantitative estimate of drug-likeness (QED) is 0.886. The Kier molecular flexibility index (Phi) is 4.19. The van der Waals surface area contributed by atoms with Crippen LogP contribution in [0.4, 0.5) is 5.13 Å². The molecule has 0 spiro atoms. The molecule has 1 aromatic heterocycles. The number of aliphatic hydroxyl groups is 1. The van der Waals surface area contributed by atoms with Crippen LogP contribution >= 0.6 is 11.5 Å². The van der Waals surface area contributed by atoms with Gasteiger partial charge in [0.1, 0.15) is 5.82 Å². The van der Waals surface area contributed by atoms with E-state index in [-0.39, 0.29) is 12.0 Å². The molecule has 2 rings (SSSR count). The molecule has 1 aliphatic heterocycles. The van der Waals surface area contributed by atoms with Crippen molar-refractivity contribution in [3.63, 3.8) is 0 Å². The minimum Gasteiger partial charge on any atom is -0.395 e. The summed E-state index contributed by atoms with van der Waals surface area (Å²) in [5.41, 5.74) is 0.0213. The summed E-state index contributed by atoms with van der Waals surface area (Å²) in [6.07, 6.45) is 0. The monoisotopic (exact) mass is 270 g/mol. The summed E-state index contributed by atoms with van der Waals surface area (Å²) in [5.74, 6) is 0.931. The first kappa shape index (κ1) is 13.7. The van der Waals surface area contributed by atoms with E-state index in [0.29, 0.717) is 0 Å². The number of β-amino-alcohol motifs (C(OH)–C–C–N with tert-alkyl or cyclic N) is 1. The zero-order valence-electron chi connectivity index (χ0n) is 11.4. The third-order valence-corrected chi connectivity index (χ3v) is 3.92. The van der Waals surface area contributed by atoms with Gasteiger partial charge < -0.3 is 10.0 Å². The van der Waals surface area contributed by atoms with Crippen LogP contribution in [-0.4, -0.2) is 58.7 Å². The average molecular weight is 270 g/mol. The highest BCUT2D eigenvalue weighted by molar-refractivity contribution is 7.09. The lowest BCUT2D eigenvalue weighted by Gasteiger charge is -2.33. The largest absolute Gasteiger partial charge is 0.395 e. The molecular formula is C12H22N4OS. The first-order valence-corrected chi connectivity index (χ1v) is 7.20. The predicted octanol–water partition coefficient (Wildman–Crippen LogP) is 0.950. The Labute approximate surface area is 113 Å². The second kappa shape index (κ2) is 5.50. The van der Waals surface area contributed by atoms with Gasteiger partial charge in [-0.2, -0.15) is 4.37 Å². The third-order valence-electron chi connectivity index (χ3n) is 3.15. The second-order valence-electron chi connectivity index (χ2n) is 5.70. The molecule has 0 radical (unpaired) electrons. The normalized spacial score (nSPS) is 18.3. The number of anilines is 1. The lowest BCUT2D eigenvalue weighted by atomic mass is 9.96. The predicted molar refractivity (Wildman–Crippen MR) is 74.3 cm³/mol. The lowest BCUT2D eigenvalue weighted by Crippen LogP contribution is -2.47. The first-order valence-electron chi connectivity index (χ1n) is 6.43. The van der Waals surface area contributed by atoms with Gasteiger partial charge in [0.2, 0.25) is 5.13 Å². The molecule has 18 heavy (non-hydrogen) atoms. The second-order valence-corrected chi connectivity index (χ2v) is 6.43. The molecule has 0 unspecified atom stereocenters. The molecule has 5 nitrogen and oxygen atoms in total. The van der Waals surface area contributed by atoms with Gasteiger partial charge in [-0.25, -0.2) is 4.98 Å². The van der Waals surface area contributed by atoms with E-state index in [2.05, 4.69) is 39.9 Å². The number of piperazine rings is 1. The zero-order valence-corrected chi connectivity index (χ0v) is 12.2. The highest BCUT2D eigenvalue weighted by atomic mass is 32.1. The van der Waals surface area contributed by atoms with Crippen LogP contribution in [0.3, 0.4) is 0 Å². The van der Waals surface area contributed by atoms with Crippen molar-refractivity contribution in [3.05, 3.63) is 5.82 Å². The molecule has 0 saturated carbocycles. The molecule has 2 heterocycles. The standard InChI is InChI=1S/C12H22N4OS/c1-12(2,3)10-13-11(18-14-10)16-6-4-15(5-7-16)8-9-17/h17H,4-9H2,1-3H3. The van der Waals surface area contributed by atoms with E-state index in [9.17, 15) is 0 Å². The summed E-state index contributed by atoms with van der Waals surface area (Å²) in [7, 11) is 0. The zero-order chi connectivity index (χ0) is 13.2. The average Bonchev–Trinajstić information content (AvgIpc) is 2.79. The minimum absolute atomic E-state index is 0.0213. The maximum Gasteiger partial charge on any atom is 0.205 e. The fourth-order valence-corrected chi connectivity index (χ4v) is 2.86. The van der Waals surface area contributed by atoms with E-state index in [4.69, 9.17) is 5.11 Å². The van der Waals surface area contributed by atoms with Crippen molar-refractivity contribution in [2.45, 2.75) is 26.2 Å². The van der Waals surface area contributed by atoms with Crippen LogP contribution in [0, 0.1) is 0 Å². The SMILES string of the molecule is CC(C)(C)c1nsc(N2CCN(CCO)CC2)n1. The molecule has 102 valence electrons. The van der Waals surface area contributed by atoms with E-state index in [1.165, 1.54) is 11.5 Å². The Hall–Kier alpha value is -0.720. The minimum atomic E-state index is 0.0213. The smallest absolute Gasteiger partial charge is 0.205 e. The molecule has 0 atom stereocenters. The van der Waals surface area contributed by atoms with Gasteiger partial charge >= 0.3 is 0 Å². The molecule has 1 N–H and O–H groups in total. The molecule has 1 fully saturated rings. The fraction of sp³-hybridized carbons (Fsp3) is 0.833. The molecule has 6 heteroatoms. The third kappa shape index (κ3) is 3.18. The molecule has 0 amide bonds. The van der Waals surface area contributed by atoms with Gasteiger partial charge in [0.25, 0.3) is 0 Å². The van der Waals surface area contributed by atoms with Crippen LogP contribution in [0.1, 0.15) is 26.6 Å². The van der Waals surface area contributed by atoms with Crippen LogP contribution in [-0.2, 0) is 5.41 Å². The van der Waals surface area contributed by atoms with Crippen LogP contribution in [0.25, 0.3) is 0 Å². The van der Waals surface area contributed by atoms with Crippen molar-refractivity contribution in [1.29, 1.82) is 0 Å². The maximum atomic E-state index is 8.92. The Morgan fingerprint density at radius 3 is 2.39 bits per heavy atom. The van der Waals surface area contributed by atoms with Gasteiger partial charge in [0.15, 0.2) is 0 Å². The Bertz CT molecular complexity index is 380. The summed E-state index contributed by atoms with van der Waals surface area (Å²) in [6.45, 7) is 11.4. The van der Waals surface area contributed by atoms with Gasteiger partial charge in [0.05, 0.1) is 6.61 Å². The Balaban J connectivity index is 1.95. The van der Waals surface area contributed by atoms with E-state index in [0.717, 1.165) is 43.7 Å². The van der Waals surface area contributed by atoms with E-state index in [1.54, 1.807) is 0 Å². The summed E-state index contributed by atoms with van der Waals surface area (Å²) in [5, 5.41) is 9.95. The van der Waals surface area contributed by atoms with Crippen molar-refractivity contribution < 1.29 is 5.11 Å². The van der Waals surface area contributed by atoms with Crippen molar-refractivity contribution in [3.8, 4) is 0 Å². The van der Waals surface area contributed by atoms with Gasteiger partial charge in [0, 0.05) is 49.7 Å². The summed E-state index contributed by atoms with van der Waals surface area (Å²) in [4.78, 5) is 9.21. The number of nitrogens with zero attached hydrogens (tertiary/aromatic N) is 4. The van der Waals surface area contributed by atoms with Crippen LogP contribution in [0.2, 0.25) is 0 Å². The van der Waals surface area contributed by atoms with E-state index in [1.807, 2.05) is 0 Å². The summed E-state index contributed by atoms with van der Waals surface area (Å²) >= 11 is 1.49. The van der Waals surface area contributed by atoms with Gasteiger partial charge in [-0.15, -0.1) is 0 Å². The van der Waals surface area contributed by atoms with Crippen LogP contribution < -0.4 is 4.90 Å². The Morgan fingerprint density at radius 2 is 1.89 bits per heavy atom. The van der Waals surface area contributed by atoms with Gasteiger partial charge in [-0.05, 0) is 0 Å². The highest BCUT2D eigenvalue weighted by Gasteiger charge is 2.23. The maximum absolute atomic E-state index is 8.92. The molecule has 0 aliphatic carbocycles. The van der Waals surface area contributed by atoms with Crippen LogP contribution in [0.15, 0.2) is 0 Å². The van der Waals surface area contributed by atoms with Crippen LogP contribution in [0.5, 0.6) is 0 Å². The topological polar surface area (TPSA) is 52.5 Å². The molecule has 1 aliphatic rings. The van der Waals surface area contributed by atoms with Gasteiger partial charge in [-0.3, -0.25) is 4.90 Å². The number of rotatable bonds is 3. The first-order chi connectivity index (χ1) is 8.50. The molecular weight excluding hydrogens is 248 g/mol. The van der Waals surface area contributed by atoms with Crippen molar-refractivity contribution in [1.82, 2.24) is 14.3 Å². The number of aliphatic hydroxyl groups excluding tert-OH is 1. The number of aromatic nitrogens is 2. The lowest BCUT2D eigenvalue weighted by molar-refractivity contribution is 0.188. The van der Waals surface area contributed by atoms with Crippen molar-refractivity contribution in [2.75, 3.05) is 44.2 Å². The fourth-order valence-electron chi connectivity index (χ4n) is 1.95. The molecule has 0 bridgehead atoms.